The Bertz CT molecular complexity index is 472. The van der Waals surface area contributed by atoms with E-state index in [9.17, 15) is 0 Å². The molecule has 2 aromatic rings. The van der Waals surface area contributed by atoms with E-state index in [1.807, 2.05) is 24.5 Å². The molecule has 0 spiro atoms. The van der Waals surface area contributed by atoms with Crippen molar-refractivity contribution in [3.63, 3.8) is 0 Å². The van der Waals surface area contributed by atoms with Crippen molar-refractivity contribution in [2.24, 2.45) is 0 Å². The molecule has 2 rings (SSSR count). The highest BCUT2D eigenvalue weighted by molar-refractivity contribution is 9.11. The van der Waals surface area contributed by atoms with E-state index < -0.39 is 0 Å². The Hall–Kier alpha value is 0.130. The van der Waals surface area contributed by atoms with Crippen LogP contribution in [0.5, 0.6) is 0 Å². The number of thiophene rings is 2. The van der Waals surface area contributed by atoms with E-state index in [1.165, 1.54) is 14.6 Å². The van der Waals surface area contributed by atoms with Gasteiger partial charge < -0.3 is 5.32 Å². The van der Waals surface area contributed by atoms with Gasteiger partial charge in [0.25, 0.3) is 0 Å². The maximum absolute atomic E-state index is 6.06. The number of rotatable bonds is 3. The molecule has 0 fully saturated rings. The maximum Gasteiger partial charge on any atom is 0.0888 e. The SMILES string of the molecule is CNC(c1ccc(C)s1)c1cc(Cl)c(Br)s1. The van der Waals surface area contributed by atoms with E-state index >= 15 is 0 Å². The normalized spacial score (nSPS) is 13.0. The largest absolute Gasteiger partial charge is 0.308 e. The van der Waals surface area contributed by atoms with Gasteiger partial charge in [-0.15, -0.1) is 22.7 Å². The summed E-state index contributed by atoms with van der Waals surface area (Å²) in [6, 6.07) is 6.58. The van der Waals surface area contributed by atoms with E-state index in [0.29, 0.717) is 0 Å². The van der Waals surface area contributed by atoms with Crippen LogP contribution in [0.25, 0.3) is 0 Å². The monoisotopic (exact) mass is 335 g/mol. The summed E-state index contributed by atoms with van der Waals surface area (Å²) >= 11 is 13.0. The fourth-order valence-electron chi connectivity index (χ4n) is 1.54. The molecule has 2 heterocycles. The number of aryl methyl sites for hydroxylation is 1. The molecule has 1 nitrogen and oxygen atoms in total. The van der Waals surface area contributed by atoms with Crippen LogP contribution in [0.3, 0.4) is 0 Å². The van der Waals surface area contributed by atoms with Gasteiger partial charge in [0.15, 0.2) is 0 Å². The molecule has 86 valence electrons. The fraction of sp³-hybridized carbons (Fsp3) is 0.273. The molecule has 0 amide bonds. The van der Waals surface area contributed by atoms with Crippen LogP contribution in [0.15, 0.2) is 22.0 Å². The van der Waals surface area contributed by atoms with Crippen molar-refractivity contribution in [2.75, 3.05) is 7.05 Å². The molecule has 0 saturated carbocycles. The molecule has 2 aromatic heterocycles. The lowest BCUT2D eigenvalue weighted by atomic mass is 10.2. The average molecular weight is 337 g/mol. The Morgan fingerprint density at radius 2 is 2.06 bits per heavy atom. The zero-order chi connectivity index (χ0) is 11.7. The summed E-state index contributed by atoms with van der Waals surface area (Å²) in [5.41, 5.74) is 0. The molecule has 0 aliphatic carbocycles. The second-order valence-electron chi connectivity index (χ2n) is 3.44. The second-order valence-corrected chi connectivity index (χ2v) is 7.57. The van der Waals surface area contributed by atoms with Crippen LogP contribution in [0.1, 0.15) is 20.7 Å². The lowest BCUT2D eigenvalue weighted by Gasteiger charge is -2.11. The molecular weight excluding hydrogens is 326 g/mol. The third-order valence-corrected chi connectivity index (χ3v) is 5.89. The van der Waals surface area contributed by atoms with Crippen molar-refractivity contribution < 1.29 is 0 Å². The molecule has 0 aliphatic rings. The van der Waals surface area contributed by atoms with E-state index in [-0.39, 0.29) is 6.04 Å². The van der Waals surface area contributed by atoms with Crippen molar-refractivity contribution in [1.82, 2.24) is 5.32 Å². The van der Waals surface area contributed by atoms with Crippen LogP contribution in [0.4, 0.5) is 0 Å². The van der Waals surface area contributed by atoms with Gasteiger partial charge in [0, 0.05) is 14.6 Å². The zero-order valence-electron chi connectivity index (χ0n) is 8.88. The van der Waals surface area contributed by atoms with Gasteiger partial charge in [-0.25, -0.2) is 0 Å². The molecule has 0 radical (unpaired) electrons. The van der Waals surface area contributed by atoms with Crippen LogP contribution in [-0.4, -0.2) is 7.05 Å². The summed E-state index contributed by atoms with van der Waals surface area (Å²) in [5, 5.41) is 4.12. The number of halogens is 2. The molecule has 1 N–H and O–H groups in total. The molecule has 1 atom stereocenters. The van der Waals surface area contributed by atoms with Crippen molar-refractivity contribution in [3.05, 3.63) is 41.6 Å². The molecular formula is C11H11BrClNS2. The van der Waals surface area contributed by atoms with Crippen LogP contribution in [-0.2, 0) is 0 Å². The van der Waals surface area contributed by atoms with Crippen LogP contribution >= 0.6 is 50.2 Å². The lowest BCUT2D eigenvalue weighted by Crippen LogP contribution is -2.14. The number of nitrogens with one attached hydrogen (secondary N) is 1. The smallest absolute Gasteiger partial charge is 0.0888 e. The Labute approximate surface area is 117 Å². The first kappa shape index (κ1) is 12.6. The molecule has 0 bridgehead atoms. The maximum atomic E-state index is 6.06. The quantitative estimate of drug-likeness (QED) is 0.845. The highest BCUT2D eigenvalue weighted by atomic mass is 79.9. The summed E-state index contributed by atoms with van der Waals surface area (Å²) in [6.45, 7) is 2.12. The van der Waals surface area contributed by atoms with Crippen LogP contribution in [0.2, 0.25) is 5.02 Å². The van der Waals surface area contributed by atoms with Gasteiger partial charge in [0.05, 0.1) is 14.9 Å². The Morgan fingerprint density at radius 3 is 2.50 bits per heavy atom. The predicted molar refractivity (Wildman–Crippen MR) is 77.0 cm³/mol. The zero-order valence-corrected chi connectivity index (χ0v) is 12.9. The highest BCUT2D eigenvalue weighted by Gasteiger charge is 2.17. The third-order valence-electron chi connectivity index (χ3n) is 2.28. The van der Waals surface area contributed by atoms with Gasteiger partial charge in [-0.05, 0) is 48.1 Å². The third kappa shape index (κ3) is 2.51. The summed E-state index contributed by atoms with van der Waals surface area (Å²) in [4.78, 5) is 3.89. The summed E-state index contributed by atoms with van der Waals surface area (Å²) in [7, 11) is 1.97. The van der Waals surface area contributed by atoms with E-state index in [4.69, 9.17) is 11.6 Å². The first-order valence-corrected chi connectivity index (χ1v) is 7.60. The van der Waals surface area contributed by atoms with Crippen molar-refractivity contribution in [2.45, 2.75) is 13.0 Å². The Balaban J connectivity index is 2.36. The molecule has 5 heteroatoms. The molecule has 0 aliphatic heterocycles. The average Bonchev–Trinajstić information content (AvgIpc) is 2.77. The number of hydrogen-bond donors (Lipinski definition) is 1. The minimum absolute atomic E-state index is 0.243. The second kappa shape index (κ2) is 5.19. The molecule has 1 unspecified atom stereocenters. The topological polar surface area (TPSA) is 12.0 Å². The lowest BCUT2D eigenvalue weighted by molar-refractivity contribution is 0.716. The summed E-state index contributed by atoms with van der Waals surface area (Å²) < 4.78 is 0.998. The van der Waals surface area contributed by atoms with Gasteiger partial charge in [0.2, 0.25) is 0 Å². The highest BCUT2D eigenvalue weighted by Crippen LogP contribution is 2.38. The van der Waals surface area contributed by atoms with E-state index in [0.717, 1.165) is 8.81 Å². The first-order chi connectivity index (χ1) is 7.61. The Morgan fingerprint density at radius 1 is 1.31 bits per heavy atom. The molecule has 0 saturated heterocycles. The van der Waals surface area contributed by atoms with Gasteiger partial charge in [0.1, 0.15) is 0 Å². The van der Waals surface area contributed by atoms with Crippen molar-refractivity contribution >= 4 is 50.2 Å². The fourth-order valence-corrected chi connectivity index (χ4v) is 4.50. The van der Waals surface area contributed by atoms with Gasteiger partial charge >= 0.3 is 0 Å². The minimum atomic E-state index is 0.243. The summed E-state index contributed by atoms with van der Waals surface area (Å²) in [5.74, 6) is 0. The van der Waals surface area contributed by atoms with Crippen molar-refractivity contribution in [3.8, 4) is 0 Å². The van der Waals surface area contributed by atoms with Crippen molar-refractivity contribution in [1.29, 1.82) is 0 Å². The Kier molecular flexibility index (Phi) is 4.08. The van der Waals surface area contributed by atoms with Gasteiger partial charge in [-0.1, -0.05) is 11.6 Å². The molecule has 0 aromatic carbocycles. The summed E-state index contributed by atoms with van der Waals surface area (Å²) in [6.07, 6.45) is 0. The van der Waals surface area contributed by atoms with Gasteiger partial charge in [-0.3, -0.25) is 0 Å². The van der Waals surface area contributed by atoms with Crippen LogP contribution in [0, 0.1) is 6.92 Å². The predicted octanol–water partition coefficient (Wildman–Crippen LogP) is 4.84. The van der Waals surface area contributed by atoms with E-state index in [1.54, 1.807) is 11.3 Å². The van der Waals surface area contributed by atoms with Gasteiger partial charge in [-0.2, -0.15) is 0 Å². The molecule has 16 heavy (non-hydrogen) atoms. The standard InChI is InChI=1S/C11H11BrClNS2/c1-6-3-4-8(15-6)10(14-2)9-5-7(13)11(12)16-9/h3-5,10,14H,1-2H3. The van der Waals surface area contributed by atoms with Crippen LogP contribution < -0.4 is 5.32 Å². The van der Waals surface area contributed by atoms with E-state index in [2.05, 4.69) is 40.3 Å². The minimum Gasteiger partial charge on any atom is -0.308 e. The number of hydrogen-bond acceptors (Lipinski definition) is 3. The first-order valence-electron chi connectivity index (χ1n) is 4.80.